The number of nitrogens with one attached hydrogen (secondary N) is 2. The van der Waals surface area contributed by atoms with Gasteiger partial charge in [-0.1, -0.05) is 19.1 Å². The second kappa shape index (κ2) is 12.6. The molecule has 0 saturated carbocycles. The van der Waals surface area contributed by atoms with Crippen molar-refractivity contribution in [3.05, 3.63) is 24.3 Å². The van der Waals surface area contributed by atoms with Gasteiger partial charge >= 0.3 is 0 Å². The van der Waals surface area contributed by atoms with Crippen LogP contribution in [0.15, 0.2) is 34.2 Å². The van der Waals surface area contributed by atoms with E-state index < -0.39 is 0 Å². The summed E-state index contributed by atoms with van der Waals surface area (Å²) >= 11 is 1.82. The van der Waals surface area contributed by atoms with E-state index in [1.165, 1.54) is 4.90 Å². The zero-order valence-corrected chi connectivity index (χ0v) is 19.1. The Balaban J connectivity index is 1.84. The van der Waals surface area contributed by atoms with Crippen LogP contribution < -0.4 is 15.4 Å². The SMILES string of the molecule is CCNC(=NCC(C)CSc1ccccc1OC)N1CCC(CC(=O)NC)CC1. The highest BCUT2D eigenvalue weighted by molar-refractivity contribution is 7.99. The average molecular weight is 421 g/mol. The van der Waals surface area contributed by atoms with Crippen LogP contribution in [0.5, 0.6) is 5.75 Å². The predicted octanol–water partition coefficient (Wildman–Crippen LogP) is 3.24. The normalized spacial score (nSPS) is 16.4. The van der Waals surface area contributed by atoms with Crippen LogP contribution >= 0.6 is 11.8 Å². The Labute approximate surface area is 179 Å². The van der Waals surface area contributed by atoms with Crippen molar-refractivity contribution in [3.8, 4) is 5.75 Å². The maximum absolute atomic E-state index is 11.6. The molecule has 1 heterocycles. The minimum atomic E-state index is 0.144. The summed E-state index contributed by atoms with van der Waals surface area (Å²) in [6.07, 6.45) is 2.71. The van der Waals surface area contributed by atoms with Gasteiger partial charge in [0.2, 0.25) is 5.91 Å². The maximum atomic E-state index is 11.6. The number of ether oxygens (including phenoxy) is 1. The number of aliphatic imine (C=N–C) groups is 1. The molecule has 2 N–H and O–H groups in total. The summed E-state index contributed by atoms with van der Waals surface area (Å²) in [6, 6.07) is 8.15. The fraction of sp³-hybridized carbons (Fsp3) is 0.636. The number of carbonyl (C=O) groups is 1. The first-order valence-electron chi connectivity index (χ1n) is 10.6. The third kappa shape index (κ3) is 7.80. The standard InChI is InChI=1S/C22H36N4O2S/c1-5-24-22(26-12-10-18(11-13-26)14-21(27)23-3)25-15-17(2)16-29-20-9-7-6-8-19(20)28-4/h6-9,17-18H,5,10-16H2,1-4H3,(H,23,27)(H,24,25). The fourth-order valence-electron chi connectivity index (χ4n) is 3.40. The lowest BCUT2D eigenvalue weighted by atomic mass is 9.93. The van der Waals surface area contributed by atoms with Crippen molar-refractivity contribution in [2.75, 3.05) is 46.1 Å². The lowest BCUT2D eigenvalue weighted by molar-refractivity contribution is -0.121. The van der Waals surface area contributed by atoms with E-state index in [1.807, 2.05) is 30.0 Å². The number of amides is 1. The molecule has 1 aromatic rings. The van der Waals surface area contributed by atoms with Gasteiger partial charge in [-0.3, -0.25) is 9.79 Å². The van der Waals surface area contributed by atoms with Gasteiger partial charge < -0.3 is 20.3 Å². The van der Waals surface area contributed by atoms with Gasteiger partial charge in [0.05, 0.1) is 7.11 Å². The molecule has 7 heteroatoms. The molecular formula is C22H36N4O2S. The van der Waals surface area contributed by atoms with Crippen LogP contribution in [0.3, 0.4) is 0 Å². The lowest BCUT2D eigenvalue weighted by Crippen LogP contribution is -2.46. The first-order chi connectivity index (χ1) is 14.1. The number of hydrogen-bond acceptors (Lipinski definition) is 4. The Bertz CT molecular complexity index is 660. The number of methoxy groups -OCH3 is 1. The van der Waals surface area contributed by atoms with Crippen molar-refractivity contribution in [1.82, 2.24) is 15.5 Å². The van der Waals surface area contributed by atoms with Gasteiger partial charge in [-0.25, -0.2) is 0 Å². The highest BCUT2D eigenvalue weighted by Crippen LogP contribution is 2.30. The summed E-state index contributed by atoms with van der Waals surface area (Å²) in [7, 11) is 3.42. The van der Waals surface area contributed by atoms with E-state index in [1.54, 1.807) is 14.2 Å². The van der Waals surface area contributed by atoms with E-state index in [9.17, 15) is 4.79 Å². The summed E-state index contributed by atoms with van der Waals surface area (Å²) in [5, 5.41) is 6.17. The molecule has 1 aromatic carbocycles. The summed E-state index contributed by atoms with van der Waals surface area (Å²) < 4.78 is 5.44. The van der Waals surface area contributed by atoms with Crippen molar-refractivity contribution in [2.24, 2.45) is 16.8 Å². The van der Waals surface area contributed by atoms with Crippen molar-refractivity contribution in [1.29, 1.82) is 0 Å². The van der Waals surface area contributed by atoms with Gasteiger partial charge in [-0.05, 0) is 43.7 Å². The molecule has 0 spiro atoms. The molecule has 2 rings (SSSR count). The van der Waals surface area contributed by atoms with Crippen LogP contribution in [-0.2, 0) is 4.79 Å². The van der Waals surface area contributed by atoms with Crippen LogP contribution in [-0.4, -0.2) is 62.9 Å². The Kier molecular flexibility index (Phi) is 10.2. The van der Waals surface area contributed by atoms with Crippen LogP contribution in [0.2, 0.25) is 0 Å². The first-order valence-corrected chi connectivity index (χ1v) is 11.6. The molecule has 1 aliphatic heterocycles. The molecule has 0 aliphatic carbocycles. The van der Waals surface area contributed by atoms with E-state index in [2.05, 4.69) is 35.4 Å². The molecular weight excluding hydrogens is 384 g/mol. The summed E-state index contributed by atoms with van der Waals surface area (Å²) in [4.78, 5) is 20.0. The minimum absolute atomic E-state index is 0.144. The Hall–Kier alpha value is -1.89. The number of thioether (sulfide) groups is 1. The van der Waals surface area contributed by atoms with Crippen molar-refractivity contribution >= 4 is 23.6 Å². The van der Waals surface area contributed by atoms with Gasteiger partial charge in [0.25, 0.3) is 0 Å². The number of hydrogen-bond donors (Lipinski definition) is 2. The third-order valence-corrected chi connectivity index (χ3v) is 6.53. The molecule has 1 amide bonds. The average Bonchev–Trinajstić information content (AvgIpc) is 2.75. The predicted molar refractivity (Wildman–Crippen MR) is 122 cm³/mol. The first kappa shape index (κ1) is 23.4. The molecule has 1 atom stereocenters. The molecule has 1 saturated heterocycles. The smallest absolute Gasteiger partial charge is 0.220 e. The van der Waals surface area contributed by atoms with Gasteiger partial charge in [0.15, 0.2) is 5.96 Å². The number of nitrogens with zero attached hydrogens (tertiary/aromatic N) is 2. The maximum Gasteiger partial charge on any atom is 0.220 e. The Morgan fingerprint density at radius 1 is 1.34 bits per heavy atom. The zero-order valence-electron chi connectivity index (χ0n) is 18.2. The molecule has 0 radical (unpaired) electrons. The van der Waals surface area contributed by atoms with Gasteiger partial charge in [0.1, 0.15) is 5.75 Å². The Morgan fingerprint density at radius 2 is 2.07 bits per heavy atom. The van der Waals surface area contributed by atoms with Crippen molar-refractivity contribution in [2.45, 2.75) is 38.0 Å². The molecule has 1 fully saturated rings. The number of guanidine groups is 1. The van der Waals surface area contributed by atoms with Crippen LogP contribution in [0, 0.1) is 11.8 Å². The van der Waals surface area contributed by atoms with E-state index >= 15 is 0 Å². The van der Waals surface area contributed by atoms with Crippen LogP contribution in [0.1, 0.15) is 33.1 Å². The summed E-state index contributed by atoms with van der Waals surface area (Å²) in [5.41, 5.74) is 0. The van der Waals surface area contributed by atoms with Crippen LogP contribution in [0.4, 0.5) is 0 Å². The van der Waals surface area contributed by atoms with Gasteiger partial charge in [0, 0.05) is 50.3 Å². The largest absolute Gasteiger partial charge is 0.496 e. The Morgan fingerprint density at radius 3 is 2.72 bits per heavy atom. The number of carbonyl (C=O) groups excluding carboxylic acids is 1. The topological polar surface area (TPSA) is 66.0 Å². The summed E-state index contributed by atoms with van der Waals surface area (Å²) in [5.74, 6) is 4.01. The molecule has 6 nitrogen and oxygen atoms in total. The van der Waals surface area contributed by atoms with E-state index in [4.69, 9.17) is 9.73 Å². The lowest BCUT2D eigenvalue weighted by Gasteiger charge is -2.34. The number of rotatable bonds is 9. The number of likely N-dealkylation sites (tertiary alicyclic amines) is 1. The van der Waals surface area contributed by atoms with Gasteiger partial charge in [-0.15, -0.1) is 11.8 Å². The quantitative estimate of drug-likeness (QED) is 0.365. The molecule has 162 valence electrons. The van der Waals surface area contributed by atoms with Crippen molar-refractivity contribution < 1.29 is 9.53 Å². The third-order valence-electron chi connectivity index (χ3n) is 5.15. The van der Waals surface area contributed by atoms with Gasteiger partial charge in [-0.2, -0.15) is 0 Å². The molecule has 29 heavy (non-hydrogen) atoms. The van der Waals surface area contributed by atoms with E-state index in [0.29, 0.717) is 18.3 Å². The number of piperidine rings is 1. The molecule has 1 unspecified atom stereocenters. The zero-order chi connectivity index (χ0) is 21.1. The molecule has 0 aromatic heterocycles. The number of benzene rings is 1. The highest BCUT2D eigenvalue weighted by Gasteiger charge is 2.23. The molecule has 1 aliphatic rings. The minimum Gasteiger partial charge on any atom is -0.496 e. The van der Waals surface area contributed by atoms with E-state index in [-0.39, 0.29) is 5.91 Å². The summed E-state index contributed by atoms with van der Waals surface area (Å²) in [6.45, 7) is 7.92. The highest BCUT2D eigenvalue weighted by atomic mass is 32.2. The number of para-hydroxylation sites is 1. The fourth-order valence-corrected chi connectivity index (χ4v) is 4.44. The van der Waals surface area contributed by atoms with E-state index in [0.717, 1.165) is 56.5 Å². The van der Waals surface area contributed by atoms with Crippen molar-refractivity contribution in [3.63, 3.8) is 0 Å². The van der Waals surface area contributed by atoms with Crippen LogP contribution in [0.25, 0.3) is 0 Å². The second-order valence-corrected chi connectivity index (χ2v) is 8.63. The monoisotopic (exact) mass is 420 g/mol. The molecule has 0 bridgehead atoms. The second-order valence-electron chi connectivity index (χ2n) is 7.57.